The Morgan fingerprint density at radius 2 is 1.79 bits per heavy atom. The van der Waals surface area contributed by atoms with Gasteiger partial charge in [0.05, 0.1) is 0 Å². The summed E-state index contributed by atoms with van der Waals surface area (Å²) in [6, 6.07) is 9.12. The predicted octanol–water partition coefficient (Wildman–Crippen LogP) is 3.91. The minimum Gasteiger partial charge on any atom is -0.315 e. The van der Waals surface area contributed by atoms with Gasteiger partial charge < -0.3 is 5.32 Å². The molecule has 0 saturated heterocycles. The smallest absolute Gasteiger partial charge is 0.0234 e. The normalized spacial score (nSPS) is 13.2. The van der Waals surface area contributed by atoms with E-state index in [9.17, 15) is 0 Å². The molecule has 3 heteroatoms. The van der Waals surface area contributed by atoms with Crippen LogP contribution < -0.4 is 5.32 Å². The van der Waals surface area contributed by atoms with E-state index < -0.39 is 0 Å². The SMILES string of the molecule is CC(C)CCNCC(C)N(C)Cc1ccc(Br)cc1. The summed E-state index contributed by atoms with van der Waals surface area (Å²) < 4.78 is 1.14. The number of likely N-dealkylation sites (N-methyl/N-ethyl adjacent to an activating group) is 1. The highest BCUT2D eigenvalue weighted by Gasteiger charge is 2.09. The van der Waals surface area contributed by atoms with Crippen LogP contribution in [0.1, 0.15) is 32.8 Å². The maximum atomic E-state index is 3.54. The minimum absolute atomic E-state index is 0.552. The standard InChI is InChI=1S/C16H27BrN2/c1-13(2)9-10-18-11-14(3)19(4)12-15-5-7-16(17)8-6-15/h5-8,13-14,18H,9-12H2,1-4H3. The van der Waals surface area contributed by atoms with E-state index in [4.69, 9.17) is 0 Å². The average Bonchev–Trinajstić information content (AvgIpc) is 2.36. The third kappa shape index (κ3) is 7.09. The fourth-order valence-corrected chi connectivity index (χ4v) is 2.16. The zero-order valence-electron chi connectivity index (χ0n) is 12.6. The molecule has 0 aliphatic rings. The first kappa shape index (κ1) is 16.7. The van der Waals surface area contributed by atoms with E-state index in [2.05, 4.69) is 78.2 Å². The van der Waals surface area contributed by atoms with Gasteiger partial charge in [-0.25, -0.2) is 0 Å². The number of rotatable bonds is 8. The third-order valence-electron chi connectivity index (χ3n) is 3.44. The topological polar surface area (TPSA) is 15.3 Å². The fourth-order valence-electron chi connectivity index (χ4n) is 1.89. The number of benzene rings is 1. The molecule has 1 atom stereocenters. The number of hydrogen-bond donors (Lipinski definition) is 1. The van der Waals surface area contributed by atoms with Crippen LogP contribution >= 0.6 is 15.9 Å². The summed E-state index contributed by atoms with van der Waals surface area (Å²) in [7, 11) is 2.19. The van der Waals surface area contributed by atoms with Gasteiger partial charge in [0.25, 0.3) is 0 Å². The van der Waals surface area contributed by atoms with Crippen molar-refractivity contribution < 1.29 is 0 Å². The lowest BCUT2D eigenvalue weighted by atomic mass is 10.1. The average molecular weight is 327 g/mol. The molecule has 19 heavy (non-hydrogen) atoms. The highest BCUT2D eigenvalue weighted by atomic mass is 79.9. The van der Waals surface area contributed by atoms with Crippen LogP contribution in [0.15, 0.2) is 28.7 Å². The van der Waals surface area contributed by atoms with Gasteiger partial charge in [-0.2, -0.15) is 0 Å². The number of halogens is 1. The molecule has 1 aromatic carbocycles. The van der Waals surface area contributed by atoms with Crippen molar-refractivity contribution in [2.45, 2.75) is 39.8 Å². The predicted molar refractivity (Wildman–Crippen MR) is 87.4 cm³/mol. The molecule has 0 spiro atoms. The Hall–Kier alpha value is -0.380. The van der Waals surface area contributed by atoms with E-state index >= 15 is 0 Å². The van der Waals surface area contributed by atoms with E-state index in [-0.39, 0.29) is 0 Å². The molecule has 0 radical (unpaired) electrons. The molecule has 1 unspecified atom stereocenters. The van der Waals surface area contributed by atoms with Gasteiger partial charge in [-0.05, 0) is 50.6 Å². The third-order valence-corrected chi connectivity index (χ3v) is 3.96. The van der Waals surface area contributed by atoms with Crippen molar-refractivity contribution in [3.05, 3.63) is 34.3 Å². The van der Waals surface area contributed by atoms with Crippen molar-refractivity contribution in [1.82, 2.24) is 10.2 Å². The molecule has 0 bridgehead atoms. The van der Waals surface area contributed by atoms with Gasteiger partial charge in [-0.1, -0.05) is 41.9 Å². The summed E-state index contributed by atoms with van der Waals surface area (Å²) in [6.07, 6.45) is 1.25. The first-order chi connectivity index (χ1) is 8.99. The van der Waals surface area contributed by atoms with Crippen LogP contribution in [0.2, 0.25) is 0 Å². The lowest BCUT2D eigenvalue weighted by Gasteiger charge is -2.25. The van der Waals surface area contributed by atoms with E-state index in [1.165, 1.54) is 12.0 Å². The van der Waals surface area contributed by atoms with Gasteiger partial charge in [0.15, 0.2) is 0 Å². The van der Waals surface area contributed by atoms with Crippen LogP contribution in [0.5, 0.6) is 0 Å². The lowest BCUT2D eigenvalue weighted by Crippen LogP contribution is -2.38. The maximum Gasteiger partial charge on any atom is 0.0234 e. The van der Waals surface area contributed by atoms with Crippen LogP contribution in [-0.2, 0) is 6.54 Å². The Labute approximate surface area is 126 Å². The number of hydrogen-bond acceptors (Lipinski definition) is 2. The second-order valence-electron chi connectivity index (χ2n) is 5.78. The highest BCUT2D eigenvalue weighted by Crippen LogP contribution is 2.12. The molecule has 1 aromatic rings. The zero-order valence-corrected chi connectivity index (χ0v) is 14.2. The second kappa shape index (κ2) is 8.72. The van der Waals surface area contributed by atoms with Crippen molar-refractivity contribution in [2.75, 3.05) is 20.1 Å². The first-order valence-corrected chi connectivity index (χ1v) is 7.93. The Kier molecular flexibility index (Phi) is 7.66. The summed E-state index contributed by atoms with van der Waals surface area (Å²) in [6.45, 7) is 9.99. The maximum absolute atomic E-state index is 3.54. The van der Waals surface area contributed by atoms with Crippen molar-refractivity contribution in [2.24, 2.45) is 5.92 Å². The Balaban J connectivity index is 2.28. The molecule has 0 amide bonds. The number of nitrogens with one attached hydrogen (secondary N) is 1. The molecule has 108 valence electrons. The first-order valence-electron chi connectivity index (χ1n) is 7.14. The van der Waals surface area contributed by atoms with E-state index in [1.807, 2.05) is 0 Å². The van der Waals surface area contributed by atoms with Crippen molar-refractivity contribution >= 4 is 15.9 Å². The monoisotopic (exact) mass is 326 g/mol. The van der Waals surface area contributed by atoms with Gasteiger partial charge in [0, 0.05) is 23.6 Å². The van der Waals surface area contributed by atoms with Crippen molar-refractivity contribution in [1.29, 1.82) is 0 Å². The molecule has 0 aliphatic carbocycles. The number of nitrogens with zero attached hydrogens (tertiary/aromatic N) is 1. The van der Waals surface area contributed by atoms with Crippen molar-refractivity contribution in [3.63, 3.8) is 0 Å². The molecule has 1 rings (SSSR count). The molecule has 0 saturated carbocycles. The van der Waals surface area contributed by atoms with Gasteiger partial charge in [-0.15, -0.1) is 0 Å². The molecule has 0 heterocycles. The Bertz CT molecular complexity index is 348. The van der Waals surface area contributed by atoms with E-state index in [0.29, 0.717) is 6.04 Å². The molecule has 0 aromatic heterocycles. The van der Waals surface area contributed by atoms with Gasteiger partial charge in [0.2, 0.25) is 0 Å². The van der Waals surface area contributed by atoms with E-state index in [0.717, 1.165) is 30.0 Å². The molecular weight excluding hydrogens is 300 g/mol. The lowest BCUT2D eigenvalue weighted by molar-refractivity contribution is 0.242. The molecule has 2 nitrogen and oxygen atoms in total. The summed E-state index contributed by atoms with van der Waals surface area (Å²) in [5.41, 5.74) is 1.36. The summed E-state index contributed by atoms with van der Waals surface area (Å²) in [5, 5.41) is 3.54. The van der Waals surface area contributed by atoms with E-state index in [1.54, 1.807) is 0 Å². The van der Waals surface area contributed by atoms with Crippen molar-refractivity contribution in [3.8, 4) is 0 Å². The molecule has 0 aliphatic heterocycles. The summed E-state index contributed by atoms with van der Waals surface area (Å²) in [5.74, 6) is 0.781. The molecule has 0 fully saturated rings. The van der Waals surface area contributed by atoms with Gasteiger partial charge in [0.1, 0.15) is 0 Å². The molecular formula is C16H27BrN2. The molecule has 1 N–H and O–H groups in total. The van der Waals surface area contributed by atoms with Crippen LogP contribution in [0.25, 0.3) is 0 Å². The van der Waals surface area contributed by atoms with Crippen LogP contribution in [-0.4, -0.2) is 31.1 Å². The highest BCUT2D eigenvalue weighted by molar-refractivity contribution is 9.10. The van der Waals surface area contributed by atoms with Gasteiger partial charge in [-0.3, -0.25) is 4.90 Å². The Morgan fingerprint density at radius 3 is 2.37 bits per heavy atom. The van der Waals surface area contributed by atoms with Crippen LogP contribution in [0, 0.1) is 5.92 Å². The zero-order chi connectivity index (χ0) is 14.3. The fraction of sp³-hybridized carbons (Fsp3) is 0.625. The summed E-state index contributed by atoms with van der Waals surface area (Å²) >= 11 is 3.47. The quantitative estimate of drug-likeness (QED) is 0.729. The van der Waals surface area contributed by atoms with Crippen LogP contribution in [0.4, 0.5) is 0 Å². The minimum atomic E-state index is 0.552. The summed E-state index contributed by atoms with van der Waals surface area (Å²) in [4.78, 5) is 2.39. The largest absolute Gasteiger partial charge is 0.315 e. The van der Waals surface area contributed by atoms with Gasteiger partial charge >= 0.3 is 0 Å². The second-order valence-corrected chi connectivity index (χ2v) is 6.69. The van der Waals surface area contributed by atoms with Crippen LogP contribution in [0.3, 0.4) is 0 Å². The Morgan fingerprint density at radius 1 is 1.16 bits per heavy atom.